The number of benzene rings is 1. The minimum Gasteiger partial charge on any atom is -0.326 e. The maximum Gasteiger partial charge on any atom is 0.264 e. The number of nitrogens with zero attached hydrogens (tertiary/aromatic N) is 1. The molecule has 6 nitrogen and oxygen atoms in total. The van der Waals surface area contributed by atoms with Crippen molar-refractivity contribution in [3.8, 4) is 0 Å². The monoisotopic (exact) mass is 446 g/mol. The minimum atomic E-state index is -3.31. The molecule has 1 aromatic carbocycles. The molecule has 2 heterocycles. The lowest BCUT2D eigenvalue weighted by Gasteiger charge is -2.34. The van der Waals surface area contributed by atoms with Gasteiger partial charge in [-0.05, 0) is 67.8 Å². The number of nitrogens with one attached hydrogen (secondary N) is 1. The zero-order valence-electron chi connectivity index (χ0n) is 16.7. The van der Waals surface area contributed by atoms with Gasteiger partial charge in [-0.15, -0.1) is 11.3 Å². The van der Waals surface area contributed by atoms with Crippen LogP contribution >= 0.6 is 11.3 Å². The maximum absolute atomic E-state index is 12.9. The molecule has 4 rings (SSSR count). The molecule has 1 saturated carbocycles. The third-order valence-corrected chi connectivity index (χ3v) is 9.13. The van der Waals surface area contributed by atoms with Gasteiger partial charge in [0.2, 0.25) is 5.91 Å². The molecule has 2 aromatic rings. The number of hydrogen-bond donors (Lipinski definition) is 1. The van der Waals surface area contributed by atoms with Crippen LogP contribution in [0.3, 0.4) is 0 Å². The molecular formula is C22H26N2O4S2. The summed E-state index contributed by atoms with van der Waals surface area (Å²) in [5.41, 5.74) is 0.541. The highest BCUT2D eigenvalue weighted by atomic mass is 32.2. The van der Waals surface area contributed by atoms with Gasteiger partial charge < -0.3 is 10.2 Å². The van der Waals surface area contributed by atoms with Crippen LogP contribution in [0.5, 0.6) is 0 Å². The molecule has 1 unspecified atom stereocenters. The van der Waals surface area contributed by atoms with Crippen molar-refractivity contribution < 1.29 is 18.0 Å². The Hall–Kier alpha value is -2.19. The van der Waals surface area contributed by atoms with E-state index in [4.69, 9.17) is 0 Å². The molecule has 160 valence electrons. The van der Waals surface area contributed by atoms with Gasteiger partial charge in [0.25, 0.3) is 5.91 Å². The first-order valence-electron chi connectivity index (χ1n) is 10.5. The fraction of sp³-hybridized carbons (Fsp3) is 0.455. The average molecular weight is 447 g/mol. The Morgan fingerprint density at radius 1 is 0.967 bits per heavy atom. The lowest BCUT2D eigenvalue weighted by molar-refractivity contribution is -0.121. The van der Waals surface area contributed by atoms with E-state index in [2.05, 4.69) is 5.32 Å². The van der Waals surface area contributed by atoms with E-state index >= 15 is 0 Å². The second-order valence-electron chi connectivity index (χ2n) is 7.95. The number of anilines is 1. The minimum absolute atomic E-state index is 0.108. The Morgan fingerprint density at radius 3 is 2.33 bits per heavy atom. The van der Waals surface area contributed by atoms with Gasteiger partial charge in [0.05, 0.1) is 15.0 Å². The van der Waals surface area contributed by atoms with E-state index in [0.29, 0.717) is 28.4 Å². The van der Waals surface area contributed by atoms with Gasteiger partial charge in [0.15, 0.2) is 9.84 Å². The Morgan fingerprint density at radius 2 is 1.67 bits per heavy atom. The van der Waals surface area contributed by atoms with Crippen molar-refractivity contribution in [2.75, 3.05) is 11.9 Å². The second-order valence-corrected chi connectivity index (χ2v) is 11.1. The van der Waals surface area contributed by atoms with Crippen LogP contribution in [0.4, 0.5) is 5.69 Å². The number of rotatable bonds is 5. The second kappa shape index (κ2) is 8.89. The number of likely N-dealkylation sites (tertiary alicyclic amines) is 1. The number of piperidine rings is 1. The zero-order valence-corrected chi connectivity index (χ0v) is 18.4. The normalized spacial score (nSPS) is 20.3. The van der Waals surface area contributed by atoms with Gasteiger partial charge in [-0.2, -0.15) is 0 Å². The van der Waals surface area contributed by atoms with Crippen molar-refractivity contribution >= 4 is 38.7 Å². The summed E-state index contributed by atoms with van der Waals surface area (Å²) in [4.78, 5) is 28.3. The molecule has 2 amide bonds. The van der Waals surface area contributed by atoms with Crippen LogP contribution in [0, 0.1) is 0 Å². The molecule has 1 aromatic heterocycles. The third-order valence-electron chi connectivity index (χ3n) is 5.99. The van der Waals surface area contributed by atoms with Gasteiger partial charge >= 0.3 is 0 Å². The Balaban J connectivity index is 1.45. The van der Waals surface area contributed by atoms with Crippen molar-refractivity contribution in [1.82, 2.24) is 4.90 Å². The van der Waals surface area contributed by atoms with E-state index in [1.54, 1.807) is 35.2 Å². The van der Waals surface area contributed by atoms with Crippen LogP contribution in [0.1, 0.15) is 54.6 Å². The molecule has 1 atom stereocenters. The molecule has 1 saturated heterocycles. The van der Waals surface area contributed by atoms with Crippen molar-refractivity contribution in [2.24, 2.45) is 0 Å². The van der Waals surface area contributed by atoms with Crippen LogP contribution in [-0.2, 0) is 14.6 Å². The molecular weight excluding hydrogens is 420 g/mol. The molecule has 1 aliphatic carbocycles. The first-order chi connectivity index (χ1) is 14.5. The molecule has 0 spiro atoms. The Bertz CT molecular complexity index is 994. The smallest absolute Gasteiger partial charge is 0.264 e. The first-order valence-corrected chi connectivity index (χ1v) is 12.9. The largest absolute Gasteiger partial charge is 0.326 e. The van der Waals surface area contributed by atoms with Crippen molar-refractivity contribution in [1.29, 1.82) is 0 Å². The van der Waals surface area contributed by atoms with E-state index in [-0.39, 0.29) is 17.1 Å². The van der Waals surface area contributed by atoms with Gasteiger partial charge in [-0.3, -0.25) is 9.59 Å². The number of sulfone groups is 1. The van der Waals surface area contributed by atoms with Crippen LogP contribution in [0.2, 0.25) is 0 Å². The van der Waals surface area contributed by atoms with Crippen LogP contribution in [0.25, 0.3) is 0 Å². The van der Waals surface area contributed by atoms with Gasteiger partial charge in [-0.25, -0.2) is 8.42 Å². The fourth-order valence-corrected chi connectivity index (χ4v) is 6.87. The molecule has 2 aliphatic rings. The number of thiophene rings is 1. The summed E-state index contributed by atoms with van der Waals surface area (Å²) >= 11 is 1.38. The quantitative estimate of drug-likeness (QED) is 0.750. The summed E-state index contributed by atoms with van der Waals surface area (Å²) in [5.74, 6) is -0.339. The summed E-state index contributed by atoms with van der Waals surface area (Å²) < 4.78 is 25.4. The Kier molecular flexibility index (Phi) is 6.24. The average Bonchev–Trinajstić information content (AvgIpc) is 3.48. The number of carbonyl (C=O) groups is 2. The van der Waals surface area contributed by atoms with Crippen molar-refractivity contribution in [3.05, 3.63) is 46.7 Å². The highest BCUT2D eigenvalue weighted by Gasteiger charge is 2.33. The van der Waals surface area contributed by atoms with E-state index in [1.807, 2.05) is 11.4 Å². The number of amides is 2. The molecule has 1 N–H and O–H groups in total. The Labute approximate surface area is 181 Å². The molecule has 0 bridgehead atoms. The van der Waals surface area contributed by atoms with Gasteiger partial charge in [0, 0.05) is 12.2 Å². The SMILES string of the molecule is O=C(Nc1ccc(S(=O)(=O)C2CCCC2)cc1)C1CCCCN1C(=O)c1cccs1. The summed E-state index contributed by atoms with van der Waals surface area (Å²) in [6, 6.07) is 9.49. The number of hydrogen-bond acceptors (Lipinski definition) is 5. The van der Waals surface area contributed by atoms with Crippen molar-refractivity contribution in [3.63, 3.8) is 0 Å². The van der Waals surface area contributed by atoms with Gasteiger partial charge in [-0.1, -0.05) is 18.9 Å². The molecule has 2 fully saturated rings. The predicted molar refractivity (Wildman–Crippen MR) is 118 cm³/mol. The summed E-state index contributed by atoms with van der Waals surface area (Å²) in [5, 5.41) is 4.43. The maximum atomic E-state index is 12.9. The lowest BCUT2D eigenvalue weighted by Crippen LogP contribution is -2.49. The summed E-state index contributed by atoms with van der Waals surface area (Å²) in [6.07, 6.45) is 5.75. The summed E-state index contributed by atoms with van der Waals surface area (Å²) in [6.45, 7) is 0.563. The zero-order chi connectivity index (χ0) is 21.1. The molecule has 0 radical (unpaired) electrons. The fourth-order valence-electron chi connectivity index (χ4n) is 4.33. The topological polar surface area (TPSA) is 83.6 Å². The van der Waals surface area contributed by atoms with Gasteiger partial charge in [0.1, 0.15) is 6.04 Å². The van der Waals surface area contributed by atoms with Crippen LogP contribution < -0.4 is 5.32 Å². The molecule has 8 heteroatoms. The molecule has 1 aliphatic heterocycles. The first kappa shape index (κ1) is 21.1. The highest BCUT2D eigenvalue weighted by molar-refractivity contribution is 7.92. The highest BCUT2D eigenvalue weighted by Crippen LogP contribution is 2.30. The predicted octanol–water partition coefficient (Wildman–Crippen LogP) is 4.10. The van der Waals surface area contributed by atoms with E-state index in [0.717, 1.165) is 38.5 Å². The molecule has 30 heavy (non-hydrogen) atoms. The van der Waals surface area contributed by atoms with E-state index in [9.17, 15) is 18.0 Å². The third kappa shape index (κ3) is 4.30. The standard InChI is InChI=1S/C22H26N2O4S2/c25-21(19-8-3-4-14-24(19)22(26)20-9-5-15-29-20)23-16-10-12-18(13-11-16)30(27,28)17-6-1-2-7-17/h5,9-13,15,17,19H,1-4,6-8,14H2,(H,23,25). The number of carbonyl (C=O) groups excluding carboxylic acids is 2. The lowest BCUT2D eigenvalue weighted by atomic mass is 10.0. The van der Waals surface area contributed by atoms with Crippen LogP contribution in [0.15, 0.2) is 46.7 Å². The van der Waals surface area contributed by atoms with Crippen LogP contribution in [-0.4, -0.2) is 43.0 Å². The summed E-state index contributed by atoms with van der Waals surface area (Å²) in [7, 11) is -3.31. The van der Waals surface area contributed by atoms with E-state index < -0.39 is 15.9 Å². The van der Waals surface area contributed by atoms with Crippen molar-refractivity contribution in [2.45, 2.75) is 61.1 Å². The van der Waals surface area contributed by atoms with E-state index in [1.165, 1.54) is 11.3 Å².